The van der Waals surface area contributed by atoms with Crippen LogP contribution in [-0.4, -0.2) is 93.1 Å². The number of hydrogen-bond acceptors (Lipinski definition) is 9. The molecular weight excluding hydrogens is 774 g/mol. The summed E-state index contributed by atoms with van der Waals surface area (Å²) in [5, 5.41) is 24.2. The maximum atomic E-state index is 14.7. The molecule has 3 fully saturated rings. The minimum atomic E-state index is -1.66. The van der Waals surface area contributed by atoms with Crippen molar-refractivity contribution in [2.75, 3.05) is 18.0 Å². The Kier molecular flexibility index (Phi) is 10.0. The fourth-order valence-corrected chi connectivity index (χ4v) is 12.6. The second kappa shape index (κ2) is 14.7. The average molecular weight is 824 g/mol. The minimum absolute atomic E-state index is 0.242. The molecule has 8 N–H and O–H groups in total. The average Bonchev–Trinajstić information content (AvgIpc) is 3.99. The highest BCUT2D eigenvalue weighted by molar-refractivity contribution is 6.01. The zero-order valence-electron chi connectivity index (χ0n) is 33.5. The van der Waals surface area contributed by atoms with Gasteiger partial charge in [0.25, 0.3) is 11.8 Å². The molecule has 6 amide bonds. The first-order valence-corrected chi connectivity index (χ1v) is 20.5. The van der Waals surface area contributed by atoms with Crippen LogP contribution in [0.15, 0.2) is 72.8 Å². The third-order valence-electron chi connectivity index (χ3n) is 14.5. The van der Waals surface area contributed by atoms with Crippen LogP contribution in [0.3, 0.4) is 0 Å². The highest BCUT2D eigenvalue weighted by Gasteiger charge is 2.68. The van der Waals surface area contributed by atoms with Gasteiger partial charge in [0, 0.05) is 53.5 Å². The Labute approximate surface area is 346 Å². The number of rotatable bonds is 11. The van der Waals surface area contributed by atoms with Crippen LogP contribution in [0.1, 0.15) is 87.5 Å². The lowest BCUT2D eigenvalue weighted by Gasteiger charge is -2.54. The van der Waals surface area contributed by atoms with E-state index in [1.54, 1.807) is 50.2 Å². The second-order valence-corrected chi connectivity index (χ2v) is 17.5. The van der Waals surface area contributed by atoms with Crippen molar-refractivity contribution in [2.45, 2.75) is 111 Å². The predicted octanol–water partition coefficient (Wildman–Crippen LogP) is 3.76. The number of carbonyl (C=O) groups is 6. The second-order valence-electron chi connectivity index (χ2n) is 17.5. The molecular formula is C44H50FN7O8. The Bertz CT molecular complexity index is 2160. The highest BCUT2D eigenvalue weighted by Crippen LogP contribution is 2.59. The normalized spacial score (nSPS) is 31.9. The molecule has 2 aliphatic carbocycles. The summed E-state index contributed by atoms with van der Waals surface area (Å²) in [4.78, 5) is 86.1. The van der Waals surface area contributed by atoms with Gasteiger partial charge < -0.3 is 26.6 Å². The molecule has 0 radical (unpaired) electrons. The SMILES string of the molecule is CC1(CC(N)=O)c2cccc(c2)[C@]1(C(=O)NC(=O)O)N1CCCC1[C@H]1CC[C@H](C2CCCN2[C@@]2(C(=O)NC(=O)O)c3cccc(c3)C2(C)CC(N)=O)N1c1ccc(F)cc1. The van der Waals surface area contributed by atoms with E-state index in [4.69, 9.17) is 11.5 Å². The third kappa shape index (κ3) is 5.81. The van der Waals surface area contributed by atoms with Gasteiger partial charge in [-0.05, 0) is 98.1 Å². The lowest BCUT2D eigenvalue weighted by Crippen LogP contribution is -2.69. The summed E-state index contributed by atoms with van der Waals surface area (Å²) in [6.45, 7) is 4.34. The van der Waals surface area contributed by atoms with Crippen molar-refractivity contribution >= 4 is 41.5 Å². The van der Waals surface area contributed by atoms with Gasteiger partial charge in [0.05, 0.1) is 0 Å². The quantitative estimate of drug-likeness (QED) is 0.163. The number of carboxylic acid groups (broad SMARTS) is 2. The monoisotopic (exact) mass is 823 g/mol. The van der Waals surface area contributed by atoms with E-state index < -0.39 is 75.6 Å². The molecule has 0 spiro atoms. The smallest absolute Gasteiger partial charge is 0.411 e. The van der Waals surface area contributed by atoms with Crippen molar-refractivity contribution in [1.29, 1.82) is 0 Å². The van der Waals surface area contributed by atoms with Crippen LogP contribution in [0.5, 0.6) is 0 Å². The fraction of sp³-hybridized carbons (Fsp3) is 0.455. The number of halogens is 1. The number of amides is 6. The first kappa shape index (κ1) is 40.9. The Hall–Kier alpha value is -5.87. The number of likely N-dealkylation sites (tertiary alicyclic amines) is 2. The van der Waals surface area contributed by atoms with Crippen LogP contribution in [0, 0.1) is 5.82 Å². The fourth-order valence-electron chi connectivity index (χ4n) is 12.6. The number of nitrogens with zero attached hydrogens (tertiary/aromatic N) is 3. The summed E-state index contributed by atoms with van der Waals surface area (Å²) in [6.07, 6.45) is 0.0858. The number of nitrogens with one attached hydrogen (secondary N) is 2. The van der Waals surface area contributed by atoms with Crippen molar-refractivity contribution in [3.63, 3.8) is 0 Å². The maximum absolute atomic E-state index is 14.7. The lowest BCUT2D eigenvalue weighted by molar-refractivity contribution is -0.143. The van der Waals surface area contributed by atoms with E-state index >= 15 is 0 Å². The van der Waals surface area contributed by atoms with Crippen molar-refractivity contribution in [2.24, 2.45) is 11.5 Å². The molecule has 5 aliphatic rings. The first-order chi connectivity index (χ1) is 28.5. The molecule has 3 aliphatic heterocycles. The largest absolute Gasteiger partial charge is 0.465 e. The molecule has 8 rings (SSSR count). The topological polar surface area (TPSA) is 229 Å². The van der Waals surface area contributed by atoms with Gasteiger partial charge in [0.1, 0.15) is 16.9 Å². The van der Waals surface area contributed by atoms with Crippen LogP contribution in [0.2, 0.25) is 0 Å². The molecule has 4 unspecified atom stereocenters. The summed E-state index contributed by atoms with van der Waals surface area (Å²) < 4.78 is 14.7. The number of benzene rings is 3. The van der Waals surface area contributed by atoms with Gasteiger partial charge in [-0.25, -0.2) is 14.0 Å². The van der Waals surface area contributed by atoms with Gasteiger partial charge in [0.2, 0.25) is 11.8 Å². The van der Waals surface area contributed by atoms with Crippen LogP contribution in [0.4, 0.5) is 19.7 Å². The van der Waals surface area contributed by atoms with Gasteiger partial charge in [-0.3, -0.25) is 39.6 Å². The summed E-state index contributed by atoms with van der Waals surface area (Å²) in [6, 6.07) is 19.1. The van der Waals surface area contributed by atoms with Crippen LogP contribution in [-0.2, 0) is 41.1 Å². The molecule has 3 aromatic carbocycles. The summed E-state index contributed by atoms with van der Waals surface area (Å²) in [5.74, 6) is -3.33. The van der Waals surface area contributed by atoms with Gasteiger partial charge in [-0.1, -0.05) is 62.4 Å². The molecule has 316 valence electrons. The highest BCUT2D eigenvalue weighted by atomic mass is 19.1. The van der Waals surface area contributed by atoms with Crippen molar-refractivity contribution in [3.8, 4) is 0 Å². The predicted molar refractivity (Wildman–Crippen MR) is 216 cm³/mol. The number of anilines is 1. The molecule has 4 bridgehead atoms. The van der Waals surface area contributed by atoms with E-state index in [-0.39, 0.29) is 24.9 Å². The maximum Gasteiger partial charge on any atom is 0.411 e. The van der Waals surface area contributed by atoms with Crippen LogP contribution >= 0.6 is 0 Å². The van der Waals surface area contributed by atoms with Crippen molar-refractivity contribution in [1.82, 2.24) is 20.4 Å². The lowest BCUT2D eigenvalue weighted by atomic mass is 9.65. The molecule has 3 saturated heterocycles. The summed E-state index contributed by atoms with van der Waals surface area (Å²) >= 11 is 0. The van der Waals surface area contributed by atoms with E-state index in [0.29, 0.717) is 79.6 Å². The molecule has 3 heterocycles. The first-order valence-electron chi connectivity index (χ1n) is 20.5. The molecule has 15 nitrogen and oxygen atoms in total. The van der Waals surface area contributed by atoms with Gasteiger partial charge >= 0.3 is 12.2 Å². The van der Waals surface area contributed by atoms with E-state index in [1.807, 2.05) is 24.3 Å². The van der Waals surface area contributed by atoms with Crippen molar-refractivity contribution in [3.05, 3.63) is 101 Å². The Morgan fingerprint density at radius 1 is 0.633 bits per heavy atom. The van der Waals surface area contributed by atoms with Gasteiger partial charge in [0.15, 0.2) is 0 Å². The number of nitrogens with two attached hydrogens (primary N) is 2. The van der Waals surface area contributed by atoms with Gasteiger partial charge in [-0.15, -0.1) is 0 Å². The molecule has 8 atom stereocenters. The zero-order valence-corrected chi connectivity index (χ0v) is 33.5. The summed E-state index contributed by atoms with van der Waals surface area (Å²) in [7, 11) is 0. The number of hydrogen-bond donors (Lipinski definition) is 6. The Morgan fingerprint density at radius 2 is 1.03 bits per heavy atom. The number of primary amides is 2. The van der Waals surface area contributed by atoms with E-state index in [9.17, 15) is 43.4 Å². The Morgan fingerprint density at radius 3 is 1.42 bits per heavy atom. The Balaban J connectivity index is 1.26. The van der Waals surface area contributed by atoms with Crippen molar-refractivity contribution < 1.29 is 43.4 Å². The molecule has 0 aromatic heterocycles. The van der Waals surface area contributed by atoms with Crippen LogP contribution < -0.4 is 27.0 Å². The molecule has 0 saturated carbocycles. The standard InChI is InChI=1S/C44H50FN7O8/c1-41(23-35(46)53)25-7-3-9-27(21-25)43(41,37(55)48-39(57)58)50-19-5-11-31(50)33-17-18-34(52(33)30-15-13-29(45)14-16-30)32-12-6-20-51(32)44(38(56)49-40(59)60)28-10-4-8-26(22-28)42(44,2)24-36(47)54/h3-4,7-10,13-16,21-22,31-34H,5-6,11-12,17-20,23-24H2,1-2H3,(H2,46,53)(H2,47,54)(H,48,55)(H,49,56)(H,57,58)(H,59,60)/t31?,32?,33-,34-,41?,42?,43-,44-/m1/s1. The van der Waals surface area contributed by atoms with Crippen LogP contribution in [0.25, 0.3) is 0 Å². The number of carbonyl (C=O) groups excluding carboxylic acids is 4. The molecule has 3 aromatic rings. The van der Waals surface area contributed by atoms with E-state index in [2.05, 4.69) is 25.3 Å². The van der Waals surface area contributed by atoms with E-state index in [1.165, 1.54) is 12.1 Å². The number of fused-ring (bicyclic) bond motifs is 4. The number of imide groups is 2. The molecule has 60 heavy (non-hydrogen) atoms. The zero-order chi connectivity index (χ0) is 42.9. The third-order valence-corrected chi connectivity index (χ3v) is 14.5. The molecule has 16 heteroatoms. The van der Waals surface area contributed by atoms with Gasteiger partial charge in [-0.2, -0.15) is 0 Å². The van der Waals surface area contributed by atoms with E-state index in [0.717, 1.165) is 0 Å². The summed E-state index contributed by atoms with van der Waals surface area (Å²) in [5.41, 5.74) is 9.10. The minimum Gasteiger partial charge on any atom is -0.465 e.